The normalized spacial score (nSPS) is 15.7. The highest BCUT2D eigenvalue weighted by Crippen LogP contribution is 2.14. The average molecular weight is 330 g/mol. The Labute approximate surface area is 141 Å². The first kappa shape index (κ1) is 16.0. The van der Waals surface area contributed by atoms with Crippen molar-refractivity contribution in [3.8, 4) is 0 Å². The first-order valence-corrected chi connectivity index (χ1v) is 8.18. The summed E-state index contributed by atoms with van der Waals surface area (Å²) in [5.74, 6) is 0.0319. The van der Waals surface area contributed by atoms with Crippen LogP contribution >= 0.6 is 11.6 Å². The lowest BCUT2D eigenvalue weighted by Crippen LogP contribution is -2.48. The van der Waals surface area contributed by atoms with Gasteiger partial charge in [-0.05, 0) is 24.6 Å². The van der Waals surface area contributed by atoms with Gasteiger partial charge in [0, 0.05) is 44.5 Å². The Morgan fingerprint density at radius 2 is 1.96 bits per heavy atom. The van der Waals surface area contributed by atoms with E-state index in [1.54, 1.807) is 18.3 Å². The van der Waals surface area contributed by atoms with E-state index in [1.165, 1.54) is 11.1 Å². The van der Waals surface area contributed by atoms with Crippen molar-refractivity contribution in [3.63, 3.8) is 0 Å². The van der Waals surface area contributed by atoms with Crippen molar-refractivity contribution < 1.29 is 4.79 Å². The molecule has 0 unspecified atom stereocenters. The zero-order valence-corrected chi connectivity index (χ0v) is 14.0. The molecule has 120 valence electrons. The topological polar surface area (TPSA) is 36.4 Å². The van der Waals surface area contributed by atoms with Crippen molar-refractivity contribution in [3.05, 3.63) is 64.4 Å². The van der Waals surface area contributed by atoms with E-state index < -0.39 is 0 Å². The molecule has 0 spiro atoms. The van der Waals surface area contributed by atoms with Crippen LogP contribution in [0.5, 0.6) is 0 Å². The van der Waals surface area contributed by atoms with Crippen LogP contribution in [-0.2, 0) is 6.54 Å². The Morgan fingerprint density at radius 3 is 2.65 bits per heavy atom. The van der Waals surface area contributed by atoms with Gasteiger partial charge in [0.1, 0.15) is 5.15 Å². The molecule has 0 radical (unpaired) electrons. The molecular formula is C18H20ClN3O. The maximum Gasteiger partial charge on any atom is 0.254 e. The maximum absolute atomic E-state index is 12.5. The van der Waals surface area contributed by atoms with Crippen molar-refractivity contribution in [2.75, 3.05) is 26.2 Å². The van der Waals surface area contributed by atoms with Gasteiger partial charge in [0.05, 0.1) is 0 Å². The van der Waals surface area contributed by atoms with E-state index in [4.69, 9.17) is 11.6 Å². The zero-order valence-electron chi connectivity index (χ0n) is 13.2. The highest BCUT2D eigenvalue weighted by atomic mass is 35.5. The summed E-state index contributed by atoms with van der Waals surface area (Å²) in [4.78, 5) is 20.7. The summed E-state index contributed by atoms with van der Waals surface area (Å²) in [5.41, 5.74) is 3.22. The molecule has 0 aliphatic carbocycles. The smallest absolute Gasteiger partial charge is 0.254 e. The number of benzene rings is 1. The highest BCUT2D eigenvalue weighted by molar-refractivity contribution is 6.29. The lowest BCUT2D eigenvalue weighted by Gasteiger charge is -2.34. The lowest BCUT2D eigenvalue weighted by atomic mass is 10.1. The second-order valence-corrected chi connectivity index (χ2v) is 6.31. The minimum Gasteiger partial charge on any atom is -0.336 e. The summed E-state index contributed by atoms with van der Waals surface area (Å²) in [6.07, 6.45) is 1.57. The van der Waals surface area contributed by atoms with Gasteiger partial charge in [0.2, 0.25) is 0 Å². The van der Waals surface area contributed by atoms with E-state index in [0.717, 1.165) is 32.7 Å². The third-order valence-corrected chi connectivity index (χ3v) is 4.33. The first-order chi connectivity index (χ1) is 11.1. The van der Waals surface area contributed by atoms with Crippen LogP contribution in [0.4, 0.5) is 0 Å². The van der Waals surface area contributed by atoms with E-state index in [-0.39, 0.29) is 5.91 Å². The van der Waals surface area contributed by atoms with E-state index in [9.17, 15) is 4.79 Å². The van der Waals surface area contributed by atoms with Crippen LogP contribution in [0.25, 0.3) is 0 Å². The van der Waals surface area contributed by atoms with Gasteiger partial charge < -0.3 is 4.90 Å². The van der Waals surface area contributed by atoms with Crippen molar-refractivity contribution in [2.45, 2.75) is 13.5 Å². The number of carbonyl (C=O) groups excluding carboxylic acids is 1. The predicted molar refractivity (Wildman–Crippen MR) is 91.6 cm³/mol. The number of nitrogens with zero attached hydrogens (tertiary/aromatic N) is 3. The Morgan fingerprint density at radius 1 is 1.17 bits per heavy atom. The van der Waals surface area contributed by atoms with Gasteiger partial charge in [-0.1, -0.05) is 41.4 Å². The summed E-state index contributed by atoms with van der Waals surface area (Å²) in [5, 5.41) is 0.355. The summed E-state index contributed by atoms with van der Waals surface area (Å²) < 4.78 is 0. The third kappa shape index (κ3) is 4.09. The van der Waals surface area contributed by atoms with E-state index >= 15 is 0 Å². The molecule has 0 N–H and O–H groups in total. The molecule has 1 aliphatic heterocycles. The van der Waals surface area contributed by atoms with Crippen LogP contribution in [0.1, 0.15) is 21.5 Å². The average Bonchev–Trinajstić information content (AvgIpc) is 2.55. The van der Waals surface area contributed by atoms with Crippen molar-refractivity contribution in [2.24, 2.45) is 0 Å². The second kappa shape index (κ2) is 7.11. The molecule has 0 saturated carbocycles. The van der Waals surface area contributed by atoms with Gasteiger partial charge in [-0.3, -0.25) is 9.69 Å². The number of pyridine rings is 1. The van der Waals surface area contributed by atoms with Crippen LogP contribution < -0.4 is 0 Å². The number of aromatic nitrogens is 1. The fraction of sp³-hybridized carbons (Fsp3) is 0.333. The largest absolute Gasteiger partial charge is 0.336 e. The molecule has 1 amide bonds. The molecule has 5 heteroatoms. The van der Waals surface area contributed by atoms with E-state index in [2.05, 4.69) is 41.1 Å². The molecule has 1 saturated heterocycles. The molecule has 4 nitrogen and oxygen atoms in total. The summed E-state index contributed by atoms with van der Waals surface area (Å²) in [6, 6.07) is 11.9. The number of hydrogen-bond acceptors (Lipinski definition) is 3. The standard InChI is InChI=1S/C18H20ClN3O/c1-14-3-2-4-15(11-14)13-21-7-9-22(10-8-21)18(23)16-5-6-20-17(19)12-16/h2-6,11-12H,7-10,13H2,1H3. The van der Waals surface area contributed by atoms with Gasteiger partial charge >= 0.3 is 0 Å². The summed E-state index contributed by atoms with van der Waals surface area (Å²) >= 11 is 5.86. The summed E-state index contributed by atoms with van der Waals surface area (Å²) in [7, 11) is 0. The summed E-state index contributed by atoms with van der Waals surface area (Å²) in [6.45, 7) is 6.30. The maximum atomic E-state index is 12.5. The SMILES string of the molecule is Cc1cccc(CN2CCN(C(=O)c3ccnc(Cl)c3)CC2)c1. The van der Waals surface area contributed by atoms with E-state index in [0.29, 0.717) is 10.7 Å². The quantitative estimate of drug-likeness (QED) is 0.812. The molecule has 23 heavy (non-hydrogen) atoms. The van der Waals surface area contributed by atoms with Crippen LogP contribution in [0.3, 0.4) is 0 Å². The highest BCUT2D eigenvalue weighted by Gasteiger charge is 2.22. The molecule has 1 fully saturated rings. The first-order valence-electron chi connectivity index (χ1n) is 7.80. The number of halogens is 1. The molecule has 1 aliphatic rings. The lowest BCUT2D eigenvalue weighted by molar-refractivity contribution is 0.0628. The van der Waals surface area contributed by atoms with Crippen molar-refractivity contribution in [1.82, 2.24) is 14.8 Å². The predicted octanol–water partition coefficient (Wildman–Crippen LogP) is 3.00. The Kier molecular flexibility index (Phi) is 4.94. The van der Waals surface area contributed by atoms with Gasteiger partial charge in [0.15, 0.2) is 0 Å². The van der Waals surface area contributed by atoms with Crippen LogP contribution in [0.2, 0.25) is 5.15 Å². The number of amides is 1. The molecule has 0 atom stereocenters. The molecule has 1 aromatic heterocycles. The number of hydrogen-bond donors (Lipinski definition) is 0. The number of rotatable bonds is 3. The fourth-order valence-corrected chi connectivity index (χ4v) is 3.07. The van der Waals surface area contributed by atoms with E-state index in [1.807, 2.05) is 4.90 Å². The minimum absolute atomic E-state index is 0.0319. The van der Waals surface area contributed by atoms with Gasteiger partial charge in [0.25, 0.3) is 5.91 Å². The van der Waals surface area contributed by atoms with Crippen molar-refractivity contribution in [1.29, 1.82) is 0 Å². The van der Waals surface area contributed by atoms with Gasteiger partial charge in [-0.15, -0.1) is 0 Å². The Bertz CT molecular complexity index is 696. The zero-order chi connectivity index (χ0) is 16.2. The van der Waals surface area contributed by atoms with Crippen LogP contribution in [0.15, 0.2) is 42.6 Å². The number of aryl methyl sites for hydroxylation is 1. The fourth-order valence-electron chi connectivity index (χ4n) is 2.90. The molecule has 2 heterocycles. The Balaban J connectivity index is 1.57. The van der Waals surface area contributed by atoms with Crippen molar-refractivity contribution >= 4 is 17.5 Å². The molecule has 2 aromatic rings. The molecule has 0 bridgehead atoms. The molecule has 1 aromatic carbocycles. The van der Waals surface area contributed by atoms with Gasteiger partial charge in [-0.25, -0.2) is 4.98 Å². The second-order valence-electron chi connectivity index (χ2n) is 5.92. The van der Waals surface area contributed by atoms with Crippen LogP contribution in [-0.4, -0.2) is 46.9 Å². The molecular weight excluding hydrogens is 310 g/mol. The molecule has 3 rings (SSSR count). The van der Waals surface area contributed by atoms with Gasteiger partial charge in [-0.2, -0.15) is 0 Å². The minimum atomic E-state index is 0.0319. The number of carbonyl (C=O) groups is 1. The monoisotopic (exact) mass is 329 g/mol. The number of piperazine rings is 1. The Hall–Kier alpha value is -1.91. The third-order valence-electron chi connectivity index (χ3n) is 4.12. The van der Waals surface area contributed by atoms with Crippen LogP contribution in [0, 0.1) is 6.92 Å².